The zero-order chi connectivity index (χ0) is 16.4. The van der Waals surface area contributed by atoms with Crippen molar-refractivity contribution in [1.29, 1.82) is 0 Å². The quantitative estimate of drug-likeness (QED) is 0.875. The van der Waals surface area contributed by atoms with Crippen molar-refractivity contribution < 1.29 is 19.1 Å². The van der Waals surface area contributed by atoms with Gasteiger partial charge in [-0.3, -0.25) is 9.59 Å². The van der Waals surface area contributed by atoms with Crippen LogP contribution in [0.5, 0.6) is 0 Å². The first-order valence-corrected chi connectivity index (χ1v) is 8.33. The fourth-order valence-electron chi connectivity index (χ4n) is 3.63. The summed E-state index contributed by atoms with van der Waals surface area (Å²) >= 11 is 0. The molecule has 2 saturated carbocycles. The van der Waals surface area contributed by atoms with Gasteiger partial charge in [0.2, 0.25) is 5.91 Å². The molecule has 1 amide bonds. The highest BCUT2D eigenvalue weighted by molar-refractivity contribution is 5.81. The highest BCUT2D eigenvalue weighted by Crippen LogP contribution is 2.39. The highest BCUT2D eigenvalue weighted by atomic mass is 19.1. The van der Waals surface area contributed by atoms with Crippen molar-refractivity contribution in [1.82, 2.24) is 5.32 Å². The molecule has 1 unspecified atom stereocenters. The van der Waals surface area contributed by atoms with Crippen molar-refractivity contribution in [3.05, 3.63) is 35.6 Å². The van der Waals surface area contributed by atoms with E-state index in [9.17, 15) is 14.0 Å². The van der Waals surface area contributed by atoms with Crippen molar-refractivity contribution in [2.45, 2.75) is 44.6 Å². The lowest BCUT2D eigenvalue weighted by molar-refractivity contribution is -0.141. The Hall–Kier alpha value is -1.91. The summed E-state index contributed by atoms with van der Waals surface area (Å²) in [5.41, 5.74) is 0.928. The largest absolute Gasteiger partial charge is 0.481 e. The number of benzene rings is 1. The average Bonchev–Trinajstić information content (AvgIpc) is 2.95. The van der Waals surface area contributed by atoms with Crippen LogP contribution >= 0.6 is 0 Å². The minimum atomic E-state index is -0.811. The SMILES string of the molecule is O=C(O)[C@@H]1CC[C@H](C(=O)NC(c2ccc(F)cc2)C2CCC2)C1. The summed E-state index contributed by atoms with van der Waals surface area (Å²) in [6, 6.07) is 6.20. The lowest BCUT2D eigenvalue weighted by Crippen LogP contribution is -2.39. The Morgan fingerprint density at radius 1 is 1.09 bits per heavy atom. The molecular formula is C18H22FNO3. The Morgan fingerprint density at radius 3 is 2.26 bits per heavy atom. The Balaban J connectivity index is 1.68. The zero-order valence-electron chi connectivity index (χ0n) is 13.0. The van der Waals surface area contributed by atoms with Crippen LogP contribution in [0, 0.1) is 23.6 Å². The average molecular weight is 319 g/mol. The lowest BCUT2D eigenvalue weighted by Gasteiger charge is -2.35. The van der Waals surface area contributed by atoms with Crippen LogP contribution in [0.4, 0.5) is 4.39 Å². The first-order chi connectivity index (χ1) is 11.0. The van der Waals surface area contributed by atoms with Gasteiger partial charge < -0.3 is 10.4 Å². The fraction of sp³-hybridized carbons (Fsp3) is 0.556. The van der Waals surface area contributed by atoms with E-state index in [1.54, 1.807) is 12.1 Å². The molecule has 0 heterocycles. The van der Waals surface area contributed by atoms with Crippen LogP contribution in [0.15, 0.2) is 24.3 Å². The summed E-state index contributed by atoms with van der Waals surface area (Å²) in [5.74, 6) is -1.39. The monoisotopic (exact) mass is 319 g/mol. The molecular weight excluding hydrogens is 297 g/mol. The van der Waals surface area contributed by atoms with Crippen LogP contribution in [-0.2, 0) is 9.59 Å². The molecule has 1 aromatic rings. The molecule has 1 aromatic carbocycles. The van der Waals surface area contributed by atoms with Gasteiger partial charge in [0, 0.05) is 5.92 Å². The maximum atomic E-state index is 13.1. The first kappa shape index (κ1) is 16.0. The van der Waals surface area contributed by atoms with Crippen molar-refractivity contribution in [3.63, 3.8) is 0 Å². The maximum Gasteiger partial charge on any atom is 0.306 e. The lowest BCUT2D eigenvalue weighted by atomic mass is 9.77. The van der Waals surface area contributed by atoms with Gasteiger partial charge >= 0.3 is 5.97 Å². The molecule has 23 heavy (non-hydrogen) atoms. The number of hydrogen-bond acceptors (Lipinski definition) is 2. The van der Waals surface area contributed by atoms with E-state index >= 15 is 0 Å². The Kier molecular flexibility index (Phi) is 4.64. The third kappa shape index (κ3) is 3.54. The van der Waals surface area contributed by atoms with E-state index < -0.39 is 11.9 Å². The number of nitrogens with one attached hydrogen (secondary N) is 1. The molecule has 0 bridgehead atoms. The smallest absolute Gasteiger partial charge is 0.306 e. The number of amides is 1. The van der Waals surface area contributed by atoms with Gasteiger partial charge in [-0.15, -0.1) is 0 Å². The molecule has 2 fully saturated rings. The highest BCUT2D eigenvalue weighted by Gasteiger charge is 2.36. The second-order valence-corrected chi connectivity index (χ2v) is 6.77. The predicted molar refractivity (Wildman–Crippen MR) is 83.1 cm³/mol. The van der Waals surface area contributed by atoms with Gasteiger partial charge in [0.25, 0.3) is 0 Å². The van der Waals surface area contributed by atoms with Crippen molar-refractivity contribution >= 4 is 11.9 Å². The molecule has 0 spiro atoms. The van der Waals surface area contributed by atoms with Crippen LogP contribution in [0.3, 0.4) is 0 Å². The Labute approximate surface area is 135 Å². The molecule has 2 N–H and O–H groups in total. The molecule has 0 saturated heterocycles. The zero-order valence-corrected chi connectivity index (χ0v) is 13.0. The Morgan fingerprint density at radius 2 is 1.74 bits per heavy atom. The summed E-state index contributed by atoms with van der Waals surface area (Å²) in [4.78, 5) is 23.6. The van der Waals surface area contributed by atoms with Crippen molar-refractivity contribution in [2.75, 3.05) is 0 Å². The number of carboxylic acids is 1. The van der Waals surface area contributed by atoms with E-state index in [1.807, 2.05) is 0 Å². The van der Waals surface area contributed by atoms with Gasteiger partial charge in [-0.2, -0.15) is 0 Å². The number of aliphatic carboxylic acids is 1. The van der Waals surface area contributed by atoms with Crippen molar-refractivity contribution in [3.8, 4) is 0 Å². The number of hydrogen-bond donors (Lipinski definition) is 2. The standard InChI is InChI=1S/C18H22FNO3/c19-15-8-6-12(7-9-15)16(11-2-1-3-11)20-17(21)13-4-5-14(10-13)18(22)23/h6-9,11,13-14,16H,1-5,10H2,(H,20,21)(H,22,23)/t13-,14+,16?/m0/s1. The minimum Gasteiger partial charge on any atom is -0.481 e. The van der Waals surface area contributed by atoms with E-state index in [0.29, 0.717) is 25.2 Å². The van der Waals surface area contributed by atoms with E-state index in [4.69, 9.17) is 5.11 Å². The van der Waals surface area contributed by atoms with Gasteiger partial charge in [0.05, 0.1) is 12.0 Å². The molecule has 2 aliphatic carbocycles. The van der Waals surface area contributed by atoms with Gasteiger partial charge in [-0.05, 0) is 55.7 Å². The molecule has 0 aromatic heterocycles. The van der Waals surface area contributed by atoms with E-state index in [0.717, 1.165) is 24.8 Å². The van der Waals surface area contributed by atoms with Gasteiger partial charge in [-0.1, -0.05) is 18.6 Å². The fourth-order valence-corrected chi connectivity index (χ4v) is 3.63. The van der Waals surface area contributed by atoms with E-state index in [1.165, 1.54) is 12.1 Å². The van der Waals surface area contributed by atoms with Gasteiger partial charge in [0.1, 0.15) is 5.82 Å². The minimum absolute atomic E-state index is 0.0602. The predicted octanol–water partition coefficient (Wildman–Crippen LogP) is 3.28. The normalized spacial score (nSPS) is 25.6. The maximum absolute atomic E-state index is 13.1. The van der Waals surface area contributed by atoms with Crippen LogP contribution in [0.1, 0.15) is 50.1 Å². The molecule has 3 atom stereocenters. The number of carbonyl (C=O) groups is 2. The third-order valence-electron chi connectivity index (χ3n) is 5.30. The van der Waals surface area contributed by atoms with Crippen LogP contribution < -0.4 is 5.32 Å². The van der Waals surface area contributed by atoms with Crippen molar-refractivity contribution in [2.24, 2.45) is 17.8 Å². The molecule has 0 radical (unpaired) electrons. The summed E-state index contributed by atoms with van der Waals surface area (Å²) < 4.78 is 13.1. The molecule has 3 rings (SSSR count). The van der Waals surface area contributed by atoms with Gasteiger partial charge in [0.15, 0.2) is 0 Å². The molecule has 4 nitrogen and oxygen atoms in total. The molecule has 124 valence electrons. The summed E-state index contributed by atoms with van der Waals surface area (Å²) in [6.07, 6.45) is 4.89. The van der Waals surface area contributed by atoms with E-state index in [2.05, 4.69) is 5.32 Å². The summed E-state index contributed by atoms with van der Waals surface area (Å²) in [5, 5.41) is 12.2. The molecule has 2 aliphatic rings. The second-order valence-electron chi connectivity index (χ2n) is 6.77. The van der Waals surface area contributed by atoms with Crippen LogP contribution in [0.2, 0.25) is 0 Å². The van der Waals surface area contributed by atoms with Crippen LogP contribution in [-0.4, -0.2) is 17.0 Å². The molecule has 0 aliphatic heterocycles. The number of rotatable bonds is 5. The summed E-state index contributed by atoms with van der Waals surface area (Å²) in [7, 11) is 0. The van der Waals surface area contributed by atoms with Crippen LogP contribution in [0.25, 0.3) is 0 Å². The number of carboxylic acid groups (broad SMARTS) is 1. The number of carbonyl (C=O) groups excluding carboxylic acids is 1. The summed E-state index contributed by atoms with van der Waals surface area (Å²) in [6.45, 7) is 0. The second kappa shape index (κ2) is 6.69. The first-order valence-electron chi connectivity index (χ1n) is 8.33. The molecule has 5 heteroatoms. The third-order valence-corrected chi connectivity index (χ3v) is 5.30. The van der Waals surface area contributed by atoms with Gasteiger partial charge in [-0.25, -0.2) is 4.39 Å². The Bertz CT molecular complexity index is 582. The van der Waals surface area contributed by atoms with E-state index in [-0.39, 0.29) is 23.7 Å². The number of halogens is 1. The topological polar surface area (TPSA) is 66.4 Å².